The second kappa shape index (κ2) is 7.70. The number of carbonyl (C=O) groups excluding carboxylic acids is 1. The van der Waals surface area contributed by atoms with Crippen molar-refractivity contribution in [3.63, 3.8) is 0 Å². The van der Waals surface area contributed by atoms with Gasteiger partial charge in [-0.05, 0) is 45.2 Å². The fourth-order valence-electron chi connectivity index (χ4n) is 3.81. The number of hydrogen-bond acceptors (Lipinski definition) is 5. The SMILES string of the molecule is COC[C@H]1CN(c2ncccc2C(=O)N2CCCCC2)CC(C)(C)O1. The van der Waals surface area contributed by atoms with E-state index in [1.165, 1.54) is 6.42 Å². The Morgan fingerprint density at radius 1 is 1.36 bits per heavy atom. The summed E-state index contributed by atoms with van der Waals surface area (Å²) in [7, 11) is 1.68. The molecule has 2 aliphatic rings. The Kier molecular flexibility index (Phi) is 5.59. The Balaban J connectivity index is 1.85. The minimum absolute atomic E-state index is 0.0336. The number of ether oxygens (including phenoxy) is 2. The molecule has 2 aliphatic heterocycles. The summed E-state index contributed by atoms with van der Waals surface area (Å²) in [6.07, 6.45) is 5.11. The lowest BCUT2D eigenvalue weighted by Gasteiger charge is -2.43. The van der Waals surface area contributed by atoms with Crippen LogP contribution in [0.5, 0.6) is 0 Å². The number of rotatable bonds is 4. The smallest absolute Gasteiger partial charge is 0.257 e. The van der Waals surface area contributed by atoms with Gasteiger partial charge < -0.3 is 19.3 Å². The number of likely N-dealkylation sites (tertiary alicyclic amines) is 1. The van der Waals surface area contributed by atoms with Crippen molar-refractivity contribution in [2.75, 3.05) is 44.8 Å². The first kappa shape index (κ1) is 18.1. The number of morpholine rings is 1. The Hall–Kier alpha value is -1.66. The Labute approximate surface area is 150 Å². The van der Waals surface area contributed by atoms with E-state index in [-0.39, 0.29) is 17.6 Å². The van der Waals surface area contributed by atoms with Crippen molar-refractivity contribution in [3.05, 3.63) is 23.9 Å². The van der Waals surface area contributed by atoms with Crippen LogP contribution in [0.15, 0.2) is 18.3 Å². The van der Waals surface area contributed by atoms with E-state index >= 15 is 0 Å². The van der Waals surface area contributed by atoms with E-state index < -0.39 is 0 Å². The molecule has 2 saturated heterocycles. The molecule has 0 aliphatic carbocycles. The second-order valence-corrected chi connectivity index (χ2v) is 7.56. The lowest BCUT2D eigenvalue weighted by atomic mass is 10.0. The standard InChI is InChI=1S/C19H29N3O3/c1-19(2)14-22(12-15(25-19)13-24-3)17-16(8-7-9-20-17)18(23)21-10-5-4-6-11-21/h7-9,15H,4-6,10-14H2,1-3H3/t15-/m1/s1. The quantitative estimate of drug-likeness (QED) is 0.837. The lowest BCUT2D eigenvalue weighted by molar-refractivity contribution is -0.106. The summed E-state index contributed by atoms with van der Waals surface area (Å²) < 4.78 is 11.4. The number of anilines is 1. The minimum Gasteiger partial charge on any atom is -0.382 e. The molecule has 0 unspecified atom stereocenters. The Morgan fingerprint density at radius 2 is 2.12 bits per heavy atom. The summed E-state index contributed by atoms with van der Waals surface area (Å²) in [5.74, 6) is 0.853. The maximum atomic E-state index is 13.0. The molecule has 1 atom stereocenters. The molecule has 138 valence electrons. The van der Waals surface area contributed by atoms with Crippen LogP contribution in [0, 0.1) is 0 Å². The summed E-state index contributed by atoms with van der Waals surface area (Å²) in [5, 5.41) is 0. The van der Waals surface area contributed by atoms with Gasteiger partial charge in [-0.15, -0.1) is 0 Å². The maximum Gasteiger partial charge on any atom is 0.257 e. The summed E-state index contributed by atoms with van der Waals surface area (Å²) in [4.78, 5) is 21.7. The van der Waals surface area contributed by atoms with Gasteiger partial charge in [-0.1, -0.05) is 0 Å². The number of pyridine rings is 1. The fourth-order valence-corrected chi connectivity index (χ4v) is 3.81. The molecule has 0 aromatic carbocycles. The number of methoxy groups -OCH3 is 1. The van der Waals surface area contributed by atoms with Crippen molar-refractivity contribution in [2.24, 2.45) is 0 Å². The third-order valence-corrected chi connectivity index (χ3v) is 4.79. The lowest BCUT2D eigenvalue weighted by Crippen LogP contribution is -2.54. The van der Waals surface area contributed by atoms with Crippen LogP contribution >= 0.6 is 0 Å². The molecule has 0 bridgehead atoms. The van der Waals surface area contributed by atoms with Gasteiger partial charge in [0, 0.05) is 39.5 Å². The zero-order valence-corrected chi connectivity index (χ0v) is 15.5. The molecular weight excluding hydrogens is 318 g/mol. The molecule has 2 fully saturated rings. The third-order valence-electron chi connectivity index (χ3n) is 4.79. The summed E-state index contributed by atoms with van der Waals surface area (Å²) in [5.41, 5.74) is 0.378. The molecule has 0 saturated carbocycles. The molecule has 0 N–H and O–H groups in total. The zero-order valence-electron chi connectivity index (χ0n) is 15.5. The second-order valence-electron chi connectivity index (χ2n) is 7.56. The van der Waals surface area contributed by atoms with Gasteiger partial charge in [-0.25, -0.2) is 4.98 Å². The summed E-state index contributed by atoms with van der Waals surface area (Å²) in [6.45, 7) is 7.72. The highest BCUT2D eigenvalue weighted by Gasteiger charge is 2.35. The zero-order chi connectivity index (χ0) is 17.9. The highest BCUT2D eigenvalue weighted by molar-refractivity contribution is 5.99. The predicted octanol–water partition coefficient (Wildman–Crippen LogP) is 2.34. The Morgan fingerprint density at radius 3 is 2.84 bits per heavy atom. The average Bonchev–Trinajstić information content (AvgIpc) is 2.61. The Bertz CT molecular complexity index is 599. The first-order chi connectivity index (χ1) is 12.0. The molecule has 6 heteroatoms. The normalized spacial score (nSPS) is 23.6. The van der Waals surface area contributed by atoms with Gasteiger partial charge >= 0.3 is 0 Å². The monoisotopic (exact) mass is 347 g/mol. The largest absolute Gasteiger partial charge is 0.382 e. The van der Waals surface area contributed by atoms with E-state index in [1.54, 1.807) is 13.3 Å². The van der Waals surface area contributed by atoms with E-state index in [9.17, 15) is 4.79 Å². The van der Waals surface area contributed by atoms with Gasteiger partial charge in [0.25, 0.3) is 5.91 Å². The van der Waals surface area contributed by atoms with Gasteiger partial charge in [0.05, 0.1) is 23.9 Å². The van der Waals surface area contributed by atoms with Crippen molar-refractivity contribution in [2.45, 2.75) is 44.8 Å². The van der Waals surface area contributed by atoms with Crippen LogP contribution in [0.3, 0.4) is 0 Å². The van der Waals surface area contributed by atoms with Crippen LogP contribution in [0.25, 0.3) is 0 Å². The van der Waals surface area contributed by atoms with Crippen molar-refractivity contribution in [1.29, 1.82) is 0 Å². The molecular formula is C19H29N3O3. The van der Waals surface area contributed by atoms with Crippen LogP contribution < -0.4 is 4.90 Å². The van der Waals surface area contributed by atoms with Gasteiger partial charge in [-0.2, -0.15) is 0 Å². The average molecular weight is 347 g/mol. The number of amides is 1. The van der Waals surface area contributed by atoms with E-state index in [4.69, 9.17) is 9.47 Å². The molecule has 6 nitrogen and oxygen atoms in total. The van der Waals surface area contributed by atoms with E-state index in [0.717, 1.165) is 31.7 Å². The molecule has 1 aromatic heterocycles. The maximum absolute atomic E-state index is 13.0. The molecule has 0 radical (unpaired) electrons. The van der Waals surface area contributed by atoms with Gasteiger partial charge in [-0.3, -0.25) is 4.79 Å². The highest BCUT2D eigenvalue weighted by atomic mass is 16.5. The first-order valence-corrected chi connectivity index (χ1v) is 9.16. The van der Waals surface area contributed by atoms with Crippen LogP contribution in [0.2, 0.25) is 0 Å². The molecule has 25 heavy (non-hydrogen) atoms. The number of carbonyl (C=O) groups is 1. The van der Waals surface area contributed by atoms with Gasteiger partial charge in [0.1, 0.15) is 5.82 Å². The van der Waals surface area contributed by atoms with Gasteiger partial charge in [0.15, 0.2) is 0 Å². The van der Waals surface area contributed by atoms with Crippen molar-refractivity contribution in [3.8, 4) is 0 Å². The first-order valence-electron chi connectivity index (χ1n) is 9.16. The summed E-state index contributed by atoms with van der Waals surface area (Å²) >= 11 is 0. The number of hydrogen-bond donors (Lipinski definition) is 0. The molecule has 1 aromatic rings. The number of piperidine rings is 1. The van der Waals surface area contributed by atoms with Crippen LogP contribution in [0.4, 0.5) is 5.82 Å². The topological polar surface area (TPSA) is 54.9 Å². The van der Waals surface area contributed by atoms with E-state index in [1.807, 2.05) is 17.0 Å². The molecule has 3 rings (SSSR count). The minimum atomic E-state index is -0.315. The van der Waals surface area contributed by atoms with Crippen LogP contribution in [0.1, 0.15) is 43.5 Å². The van der Waals surface area contributed by atoms with Gasteiger partial charge in [0.2, 0.25) is 0 Å². The van der Waals surface area contributed by atoms with Crippen LogP contribution in [-0.4, -0.2) is 67.4 Å². The number of nitrogens with zero attached hydrogens (tertiary/aromatic N) is 3. The third kappa shape index (κ3) is 4.30. The van der Waals surface area contributed by atoms with Crippen molar-refractivity contribution < 1.29 is 14.3 Å². The van der Waals surface area contributed by atoms with E-state index in [0.29, 0.717) is 25.3 Å². The van der Waals surface area contributed by atoms with Crippen LogP contribution in [-0.2, 0) is 9.47 Å². The molecule has 1 amide bonds. The highest BCUT2D eigenvalue weighted by Crippen LogP contribution is 2.28. The molecule has 0 spiro atoms. The predicted molar refractivity (Wildman–Crippen MR) is 97.0 cm³/mol. The molecule has 3 heterocycles. The number of aromatic nitrogens is 1. The van der Waals surface area contributed by atoms with Crippen molar-refractivity contribution in [1.82, 2.24) is 9.88 Å². The van der Waals surface area contributed by atoms with Crippen molar-refractivity contribution >= 4 is 11.7 Å². The van der Waals surface area contributed by atoms with E-state index in [2.05, 4.69) is 23.7 Å². The summed E-state index contributed by atoms with van der Waals surface area (Å²) in [6, 6.07) is 3.74. The fraction of sp³-hybridized carbons (Fsp3) is 0.684.